The molecule has 1 unspecified atom stereocenters. The Hall–Kier alpha value is -3.92. The van der Waals surface area contributed by atoms with Crippen LogP contribution < -0.4 is 10.6 Å². The largest absolute Gasteiger partial charge is 0.444 e. The highest BCUT2D eigenvalue weighted by molar-refractivity contribution is 5.96. The molecule has 35 heavy (non-hydrogen) atoms. The molecule has 7 nitrogen and oxygen atoms in total. The molecule has 0 radical (unpaired) electrons. The van der Waals surface area contributed by atoms with Crippen LogP contribution in [0.4, 0.5) is 23.7 Å². The molecule has 1 atom stereocenters. The van der Waals surface area contributed by atoms with Crippen molar-refractivity contribution in [2.24, 2.45) is 0 Å². The fourth-order valence-corrected chi connectivity index (χ4v) is 3.84. The summed E-state index contributed by atoms with van der Waals surface area (Å²) in [5, 5.41) is 5.73. The van der Waals surface area contributed by atoms with Gasteiger partial charge in [-0.05, 0) is 29.8 Å². The van der Waals surface area contributed by atoms with Crippen LogP contribution in [-0.4, -0.2) is 41.5 Å². The first-order valence-electron chi connectivity index (χ1n) is 10.9. The van der Waals surface area contributed by atoms with Crippen molar-refractivity contribution in [3.63, 3.8) is 0 Å². The van der Waals surface area contributed by atoms with E-state index < -0.39 is 35.3 Å². The van der Waals surface area contributed by atoms with Crippen molar-refractivity contribution in [1.82, 2.24) is 15.2 Å². The molecule has 1 aromatic heterocycles. The van der Waals surface area contributed by atoms with Crippen LogP contribution in [0, 0.1) is 0 Å². The van der Waals surface area contributed by atoms with Gasteiger partial charge in [0.15, 0.2) is 0 Å². The summed E-state index contributed by atoms with van der Waals surface area (Å²) in [4.78, 5) is 31.0. The molecule has 1 aliphatic rings. The van der Waals surface area contributed by atoms with Crippen molar-refractivity contribution in [3.8, 4) is 0 Å². The van der Waals surface area contributed by atoms with Crippen molar-refractivity contribution < 1.29 is 27.5 Å². The zero-order valence-electron chi connectivity index (χ0n) is 18.6. The van der Waals surface area contributed by atoms with Gasteiger partial charge < -0.3 is 15.0 Å². The highest BCUT2D eigenvalue weighted by Gasteiger charge is 2.38. The van der Waals surface area contributed by atoms with Crippen LogP contribution in [-0.2, 0) is 17.5 Å². The Kier molecular flexibility index (Phi) is 7.31. The van der Waals surface area contributed by atoms with E-state index in [9.17, 15) is 22.8 Å². The number of rotatable bonds is 5. The molecule has 0 aliphatic carbocycles. The minimum Gasteiger partial charge on any atom is -0.444 e. The lowest BCUT2D eigenvalue weighted by molar-refractivity contribution is -0.138. The van der Waals surface area contributed by atoms with Gasteiger partial charge in [0.05, 0.1) is 34.7 Å². The zero-order valence-corrected chi connectivity index (χ0v) is 18.6. The minimum atomic E-state index is -4.64. The van der Waals surface area contributed by atoms with Crippen LogP contribution in [0.5, 0.6) is 0 Å². The summed E-state index contributed by atoms with van der Waals surface area (Å²) in [6.45, 7) is 1.12. The number of piperazine rings is 1. The minimum absolute atomic E-state index is 0.113. The van der Waals surface area contributed by atoms with E-state index in [-0.39, 0.29) is 13.2 Å². The highest BCUT2D eigenvalue weighted by Crippen LogP contribution is 2.33. The first-order valence-corrected chi connectivity index (χ1v) is 10.9. The van der Waals surface area contributed by atoms with E-state index in [0.29, 0.717) is 24.5 Å². The summed E-state index contributed by atoms with van der Waals surface area (Å²) in [7, 11) is 0. The predicted octanol–water partition coefficient (Wildman–Crippen LogP) is 4.64. The molecule has 3 aromatic rings. The van der Waals surface area contributed by atoms with Gasteiger partial charge in [0.25, 0.3) is 5.91 Å². The molecule has 10 heteroatoms. The van der Waals surface area contributed by atoms with E-state index >= 15 is 0 Å². The number of benzene rings is 2. The molecule has 0 spiro atoms. The van der Waals surface area contributed by atoms with E-state index in [1.807, 2.05) is 30.3 Å². The van der Waals surface area contributed by atoms with Gasteiger partial charge in [-0.1, -0.05) is 42.5 Å². The Bertz CT molecular complexity index is 1170. The fourth-order valence-electron chi connectivity index (χ4n) is 3.84. The van der Waals surface area contributed by atoms with E-state index in [1.165, 1.54) is 29.3 Å². The lowest BCUT2D eigenvalue weighted by Crippen LogP contribution is -2.49. The Morgan fingerprint density at radius 3 is 2.51 bits per heavy atom. The Morgan fingerprint density at radius 2 is 1.80 bits per heavy atom. The summed E-state index contributed by atoms with van der Waals surface area (Å²) in [6.07, 6.45) is -3.88. The lowest BCUT2D eigenvalue weighted by Gasteiger charge is -2.36. The van der Waals surface area contributed by atoms with Gasteiger partial charge in [-0.15, -0.1) is 0 Å². The third kappa shape index (κ3) is 5.96. The second-order valence-corrected chi connectivity index (χ2v) is 7.92. The number of anilines is 1. The second kappa shape index (κ2) is 10.6. The number of aromatic nitrogens is 1. The lowest BCUT2D eigenvalue weighted by atomic mass is 10.0. The number of carbonyl (C=O) groups excluding carboxylic acids is 2. The van der Waals surface area contributed by atoms with Crippen molar-refractivity contribution in [3.05, 3.63) is 95.3 Å². The summed E-state index contributed by atoms with van der Waals surface area (Å²) >= 11 is 0. The average Bonchev–Trinajstić information content (AvgIpc) is 2.88. The maximum atomic E-state index is 13.5. The number of carbonyl (C=O) groups is 2. The number of amides is 2. The molecule has 2 N–H and O–H groups in total. The van der Waals surface area contributed by atoms with Gasteiger partial charge in [0, 0.05) is 19.6 Å². The molecule has 182 valence electrons. The average molecular weight is 484 g/mol. The van der Waals surface area contributed by atoms with Crippen LogP contribution in [0.3, 0.4) is 0 Å². The van der Waals surface area contributed by atoms with Crippen LogP contribution in [0.2, 0.25) is 0 Å². The van der Waals surface area contributed by atoms with Gasteiger partial charge in [-0.25, -0.2) is 4.79 Å². The van der Waals surface area contributed by atoms with Crippen LogP contribution in [0.15, 0.2) is 72.9 Å². The maximum Gasteiger partial charge on any atom is 0.417 e. The Morgan fingerprint density at radius 1 is 1.06 bits per heavy atom. The summed E-state index contributed by atoms with van der Waals surface area (Å²) in [6, 6.07) is 16.6. The van der Waals surface area contributed by atoms with Crippen molar-refractivity contribution in [1.29, 1.82) is 0 Å². The number of hydrogen-bond acceptors (Lipinski definition) is 5. The van der Waals surface area contributed by atoms with E-state index in [4.69, 9.17) is 4.74 Å². The molecular formula is C25H23F3N4O3. The molecule has 0 bridgehead atoms. The number of nitrogens with zero attached hydrogens (tertiary/aromatic N) is 2. The molecule has 4 rings (SSSR count). The molecule has 1 fully saturated rings. The normalized spacial score (nSPS) is 16.0. The standard InChI is InChI=1S/C25H23F3N4O3/c26-25(27,28)20-9-5-4-8-19(20)23(33)32-13-12-29-15-22(32)21-11-10-18(14-30-21)31-24(34)35-16-17-6-2-1-3-7-17/h1-11,14,22,29H,12-13,15-16H2,(H,31,34). The third-order valence-electron chi connectivity index (χ3n) is 5.55. The second-order valence-electron chi connectivity index (χ2n) is 7.92. The first kappa shape index (κ1) is 24.2. The summed E-state index contributed by atoms with van der Waals surface area (Å²) < 4.78 is 45.5. The smallest absolute Gasteiger partial charge is 0.417 e. The van der Waals surface area contributed by atoms with Crippen molar-refractivity contribution >= 4 is 17.7 Å². The van der Waals surface area contributed by atoms with E-state index in [0.717, 1.165) is 11.6 Å². The van der Waals surface area contributed by atoms with Crippen molar-refractivity contribution in [2.45, 2.75) is 18.8 Å². The molecule has 2 aromatic carbocycles. The number of ether oxygens (including phenoxy) is 1. The van der Waals surface area contributed by atoms with Crippen LogP contribution in [0.1, 0.15) is 33.2 Å². The van der Waals surface area contributed by atoms with Gasteiger partial charge in [0.2, 0.25) is 0 Å². The first-order chi connectivity index (χ1) is 16.8. The van der Waals surface area contributed by atoms with Gasteiger partial charge in [-0.3, -0.25) is 15.1 Å². The highest BCUT2D eigenvalue weighted by atomic mass is 19.4. The molecule has 0 saturated carbocycles. The molecule has 1 saturated heterocycles. The molecule has 1 aliphatic heterocycles. The van der Waals surface area contributed by atoms with Gasteiger partial charge in [-0.2, -0.15) is 13.2 Å². The van der Waals surface area contributed by atoms with Crippen molar-refractivity contribution in [2.75, 3.05) is 25.0 Å². The number of halogens is 3. The Balaban J connectivity index is 1.45. The van der Waals surface area contributed by atoms with Gasteiger partial charge in [0.1, 0.15) is 6.61 Å². The number of nitrogens with one attached hydrogen (secondary N) is 2. The Labute approximate surface area is 199 Å². The quantitative estimate of drug-likeness (QED) is 0.552. The van der Waals surface area contributed by atoms with E-state index in [1.54, 1.807) is 12.1 Å². The fraction of sp³-hybridized carbons (Fsp3) is 0.240. The molecular weight excluding hydrogens is 461 g/mol. The van der Waals surface area contributed by atoms with Crippen LogP contribution >= 0.6 is 0 Å². The van der Waals surface area contributed by atoms with E-state index in [2.05, 4.69) is 15.6 Å². The zero-order chi connectivity index (χ0) is 24.8. The maximum absolute atomic E-state index is 13.5. The number of hydrogen-bond donors (Lipinski definition) is 2. The third-order valence-corrected chi connectivity index (χ3v) is 5.55. The SMILES string of the molecule is O=C(Nc1ccc(C2CNCCN2C(=O)c2ccccc2C(F)(F)F)nc1)OCc1ccccc1. The van der Waals surface area contributed by atoms with Crippen LogP contribution in [0.25, 0.3) is 0 Å². The predicted molar refractivity (Wildman–Crippen MR) is 123 cm³/mol. The molecule has 2 amide bonds. The number of pyridine rings is 1. The molecule has 2 heterocycles. The topological polar surface area (TPSA) is 83.6 Å². The monoisotopic (exact) mass is 484 g/mol. The summed E-state index contributed by atoms with van der Waals surface area (Å²) in [5.41, 5.74) is 0.349. The number of alkyl halides is 3. The van der Waals surface area contributed by atoms with Gasteiger partial charge >= 0.3 is 12.3 Å². The summed E-state index contributed by atoms with van der Waals surface area (Å²) in [5.74, 6) is -0.710.